The van der Waals surface area contributed by atoms with Crippen LogP contribution < -0.4 is 10.3 Å². The van der Waals surface area contributed by atoms with Gasteiger partial charge in [-0.2, -0.15) is 0 Å². The molecule has 0 unspecified atom stereocenters. The van der Waals surface area contributed by atoms with Gasteiger partial charge >= 0.3 is 6.09 Å². The van der Waals surface area contributed by atoms with Gasteiger partial charge in [0.15, 0.2) is 0 Å². The van der Waals surface area contributed by atoms with Crippen molar-refractivity contribution in [3.8, 4) is 5.75 Å². The van der Waals surface area contributed by atoms with Crippen molar-refractivity contribution < 1.29 is 33.6 Å². The lowest BCUT2D eigenvalue weighted by Crippen LogP contribution is -2.58. The first-order valence-electron chi connectivity index (χ1n) is 14.5. The van der Waals surface area contributed by atoms with E-state index in [0.717, 1.165) is 36.8 Å². The highest BCUT2D eigenvalue weighted by atomic mass is 16.5. The molecule has 2 amide bonds. The summed E-state index contributed by atoms with van der Waals surface area (Å²) in [7, 11) is 6.51. The number of likely N-dealkylation sites (tertiary alicyclic amines) is 1. The minimum Gasteiger partial charge on any atom is -0.491 e. The number of hydrogen-bond acceptors (Lipinski definition) is 7. The second-order valence-electron chi connectivity index (χ2n) is 11.1. The molecule has 1 aromatic carbocycles. The summed E-state index contributed by atoms with van der Waals surface area (Å²) in [5.74, 6) is -0.245. The third-order valence-corrected chi connectivity index (χ3v) is 8.25. The number of aromatic nitrogens is 1. The Morgan fingerprint density at radius 2 is 1.79 bits per heavy atom. The van der Waals surface area contributed by atoms with Crippen LogP contribution in [0.4, 0.5) is 4.79 Å². The second-order valence-corrected chi connectivity index (χ2v) is 11.1. The summed E-state index contributed by atoms with van der Waals surface area (Å²) in [6.07, 6.45) is 4.32. The van der Waals surface area contributed by atoms with Crippen molar-refractivity contribution in [2.75, 3.05) is 54.2 Å². The first-order chi connectivity index (χ1) is 20.2. The number of methoxy groups -OCH3 is 3. The molecule has 1 aliphatic carbocycles. The van der Waals surface area contributed by atoms with Crippen LogP contribution in [0.3, 0.4) is 0 Å². The molecule has 11 nitrogen and oxygen atoms in total. The third kappa shape index (κ3) is 7.32. The van der Waals surface area contributed by atoms with E-state index in [2.05, 4.69) is 6.07 Å². The van der Waals surface area contributed by atoms with Gasteiger partial charge in [0.1, 0.15) is 18.0 Å². The van der Waals surface area contributed by atoms with Crippen LogP contribution in [0.25, 0.3) is 0 Å². The van der Waals surface area contributed by atoms with Crippen molar-refractivity contribution in [3.05, 3.63) is 63.6 Å². The van der Waals surface area contributed by atoms with E-state index in [1.54, 1.807) is 40.6 Å². The SMILES string of the molecule is COCCCc1cc(CN(C(=O)[C@H]2CN(C(=O)O)CC[C@]2(OC)c2ccc(=O)n(C)c2)C2CC2)cc(OCCOC)c1. The Labute approximate surface area is 246 Å². The molecule has 2 atom stereocenters. The maximum absolute atomic E-state index is 14.5. The van der Waals surface area contributed by atoms with E-state index in [9.17, 15) is 19.5 Å². The smallest absolute Gasteiger partial charge is 0.407 e. The Balaban J connectivity index is 1.68. The van der Waals surface area contributed by atoms with Crippen LogP contribution in [-0.4, -0.2) is 91.8 Å². The highest BCUT2D eigenvalue weighted by molar-refractivity contribution is 5.82. The van der Waals surface area contributed by atoms with Crippen molar-refractivity contribution in [1.82, 2.24) is 14.4 Å². The van der Waals surface area contributed by atoms with E-state index >= 15 is 0 Å². The fourth-order valence-electron chi connectivity index (χ4n) is 5.82. The number of pyridine rings is 1. The number of amides is 2. The summed E-state index contributed by atoms with van der Waals surface area (Å²) in [4.78, 5) is 41.9. The molecule has 11 heteroatoms. The first kappa shape index (κ1) is 31.5. The molecule has 1 aromatic heterocycles. The van der Waals surface area contributed by atoms with Crippen LogP contribution in [0.2, 0.25) is 0 Å². The number of carbonyl (C=O) groups excluding carboxylic acids is 1. The lowest BCUT2D eigenvalue weighted by molar-refractivity contribution is -0.160. The van der Waals surface area contributed by atoms with Gasteiger partial charge < -0.3 is 38.4 Å². The average molecular weight is 586 g/mol. The molecule has 1 saturated carbocycles. The van der Waals surface area contributed by atoms with Crippen molar-refractivity contribution in [3.63, 3.8) is 0 Å². The van der Waals surface area contributed by atoms with Crippen molar-refractivity contribution in [1.29, 1.82) is 0 Å². The van der Waals surface area contributed by atoms with Crippen LogP contribution in [0.1, 0.15) is 42.4 Å². The van der Waals surface area contributed by atoms with Crippen LogP contribution in [0, 0.1) is 5.92 Å². The number of carboxylic acid groups (broad SMARTS) is 1. The summed E-state index contributed by atoms with van der Waals surface area (Å²) in [5, 5.41) is 9.85. The maximum atomic E-state index is 14.5. The van der Waals surface area contributed by atoms with E-state index in [4.69, 9.17) is 18.9 Å². The van der Waals surface area contributed by atoms with Crippen molar-refractivity contribution >= 4 is 12.0 Å². The van der Waals surface area contributed by atoms with E-state index in [0.29, 0.717) is 37.7 Å². The average Bonchev–Trinajstić information content (AvgIpc) is 3.82. The van der Waals surface area contributed by atoms with Gasteiger partial charge in [0.2, 0.25) is 11.5 Å². The van der Waals surface area contributed by atoms with Crippen LogP contribution in [0.15, 0.2) is 41.3 Å². The molecule has 0 radical (unpaired) electrons. The van der Waals surface area contributed by atoms with Crippen LogP contribution >= 0.6 is 0 Å². The fraction of sp³-hybridized carbons (Fsp3) is 0.581. The maximum Gasteiger partial charge on any atom is 0.407 e. The fourth-order valence-corrected chi connectivity index (χ4v) is 5.82. The van der Waals surface area contributed by atoms with Gasteiger partial charge in [-0.05, 0) is 61.4 Å². The molecule has 1 aliphatic heterocycles. The molecule has 2 heterocycles. The highest BCUT2D eigenvalue weighted by Crippen LogP contribution is 2.43. The molecular formula is C31H43N3O8. The molecule has 0 spiro atoms. The van der Waals surface area contributed by atoms with Gasteiger partial charge in [0, 0.05) is 78.5 Å². The monoisotopic (exact) mass is 585 g/mol. The number of rotatable bonds is 14. The summed E-state index contributed by atoms with van der Waals surface area (Å²) >= 11 is 0. The number of carbonyl (C=O) groups is 2. The molecule has 0 bridgehead atoms. The van der Waals surface area contributed by atoms with E-state index in [1.807, 2.05) is 17.0 Å². The first-order valence-corrected chi connectivity index (χ1v) is 14.5. The van der Waals surface area contributed by atoms with Gasteiger partial charge in [-0.3, -0.25) is 9.59 Å². The standard InChI is InChI=1S/C31H43N3O8/c1-32-20-24(7-10-28(32)35)31(41-4)11-12-33(30(37)38)21-27(31)29(36)34(25-8-9-25)19-23-16-22(6-5-13-39-2)17-26(18-23)42-15-14-40-3/h7,10,16-18,20,25,27H,5-6,8-9,11-15,19,21H2,1-4H3,(H,37,38)/t27-,31+/m1/s1. The summed E-state index contributed by atoms with van der Waals surface area (Å²) in [5.41, 5.74) is 1.45. The van der Waals surface area contributed by atoms with Crippen molar-refractivity contribution in [2.45, 2.75) is 50.3 Å². The summed E-state index contributed by atoms with van der Waals surface area (Å²) in [6.45, 7) is 2.08. The Morgan fingerprint density at radius 1 is 1.05 bits per heavy atom. The topological polar surface area (TPSA) is 120 Å². The lowest BCUT2D eigenvalue weighted by atomic mass is 9.75. The molecule has 1 N–H and O–H groups in total. The normalized spacial score (nSPS) is 20.4. The van der Waals surface area contributed by atoms with Crippen LogP contribution in [0.5, 0.6) is 5.75 Å². The Hall–Kier alpha value is -3.41. The molecule has 4 rings (SSSR count). The largest absolute Gasteiger partial charge is 0.491 e. The van der Waals surface area contributed by atoms with Crippen molar-refractivity contribution in [2.24, 2.45) is 13.0 Å². The van der Waals surface area contributed by atoms with Gasteiger partial charge in [0.05, 0.1) is 12.5 Å². The predicted octanol–water partition coefficient (Wildman–Crippen LogP) is 3.02. The number of piperidine rings is 1. The lowest BCUT2D eigenvalue weighted by Gasteiger charge is -2.47. The van der Waals surface area contributed by atoms with E-state index < -0.39 is 17.6 Å². The zero-order chi connectivity index (χ0) is 30.3. The highest BCUT2D eigenvalue weighted by Gasteiger charge is 2.52. The zero-order valence-electron chi connectivity index (χ0n) is 25.0. The molecular weight excluding hydrogens is 542 g/mol. The number of nitrogens with zero attached hydrogens (tertiary/aromatic N) is 3. The molecule has 42 heavy (non-hydrogen) atoms. The molecule has 2 aromatic rings. The quantitative estimate of drug-likeness (QED) is 0.336. The minimum absolute atomic E-state index is 0.00347. The van der Waals surface area contributed by atoms with Gasteiger partial charge in [-0.1, -0.05) is 6.07 Å². The second kappa shape index (κ2) is 14.2. The third-order valence-electron chi connectivity index (χ3n) is 8.25. The summed E-state index contributed by atoms with van der Waals surface area (Å²) in [6, 6.07) is 9.28. The summed E-state index contributed by atoms with van der Waals surface area (Å²) < 4.78 is 23.9. The minimum atomic E-state index is -1.09. The van der Waals surface area contributed by atoms with Gasteiger partial charge in [0.25, 0.3) is 0 Å². The zero-order valence-corrected chi connectivity index (χ0v) is 25.0. The van der Waals surface area contributed by atoms with Gasteiger partial charge in [-0.15, -0.1) is 0 Å². The molecule has 2 aliphatic rings. The molecule has 1 saturated heterocycles. The predicted molar refractivity (Wildman–Crippen MR) is 156 cm³/mol. The Bertz CT molecular complexity index is 1260. The molecule has 2 fully saturated rings. The number of hydrogen-bond donors (Lipinski definition) is 1. The molecule has 230 valence electrons. The van der Waals surface area contributed by atoms with Crippen LogP contribution in [-0.2, 0) is 44.6 Å². The number of benzene rings is 1. The Kier molecular flexibility index (Phi) is 10.6. The Morgan fingerprint density at radius 3 is 2.43 bits per heavy atom. The van der Waals surface area contributed by atoms with E-state index in [1.165, 1.54) is 15.5 Å². The number of ether oxygens (including phenoxy) is 4. The number of aryl methyl sites for hydroxylation is 2. The van der Waals surface area contributed by atoms with E-state index in [-0.39, 0.29) is 37.0 Å². The van der Waals surface area contributed by atoms with Gasteiger partial charge in [-0.25, -0.2) is 4.79 Å².